The van der Waals surface area contributed by atoms with Crippen molar-refractivity contribution < 1.29 is 9.59 Å². The molecule has 2 aromatic rings. The summed E-state index contributed by atoms with van der Waals surface area (Å²) in [6, 6.07) is 12.2. The number of hydrogen-bond acceptors (Lipinski definition) is 3. The first-order valence-corrected chi connectivity index (χ1v) is 11.4. The predicted octanol–water partition coefficient (Wildman–Crippen LogP) is 5.43. The molecule has 2 aromatic carbocycles. The lowest BCUT2D eigenvalue weighted by atomic mass is 10.1. The number of carbonyl (C=O) groups excluding carboxylic acids is 2. The molecular weight excluding hydrogens is 451 g/mol. The molecule has 0 aliphatic heterocycles. The third-order valence-electron chi connectivity index (χ3n) is 4.41. The van der Waals surface area contributed by atoms with Gasteiger partial charge in [-0.15, -0.1) is 11.8 Å². The van der Waals surface area contributed by atoms with Gasteiger partial charge < -0.3 is 10.2 Å². The van der Waals surface area contributed by atoms with Crippen LogP contribution in [0.15, 0.2) is 42.5 Å². The van der Waals surface area contributed by atoms with E-state index in [2.05, 4.69) is 5.32 Å². The van der Waals surface area contributed by atoms with E-state index >= 15 is 0 Å². The van der Waals surface area contributed by atoms with Crippen molar-refractivity contribution in [3.8, 4) is 0 Å². The summed E-state index contributed by atoms with van der Waals surface area (Å²) in [5.41, 5.74) is 1.78. The molecule has 156 valence electrons. The second kappa shape index (κ2) is 11.7. The van der Waals surface area contributed by atoms with Gasteiger partial charge in [0, 0.05) is 24.4 Å². The van der Waals surface area contributed by atoms with Gasteiger partial charge in [-0.2, -0.15) is 0 Å². The lowest BCUT2D eigenvalue weighted by molar-refractivity contribution is -0.139. The largest absolute Gasteiger partial charge is 0.357 e. The van der Waals surface area contributed by atoms with Crippen molar-refractivity contribution in [2.45, 2.75) is 31.7 Å². The number of hydrogen-bond donors (Lipinski definition) is 1. The zero-order valence-corrected chi connectivity index (χ0v) is 19.3. The predicted molar refractivity (Wildman–Crippen MR) is 123 cm³/mol. The van der Waals surface area contributed by atoms with Crippen molar-refractivity contribution in [1.82, 2.24) is 10.2 Å². The van der Waals surface area contributed by atoms with Crippen molar-refractivity contribution in [1.29, 1.82) is 0 Å². The lowest BCUT2D eigenvalue weighted by Crippen LogP contribution is -2.48. The lowest BCUT2D eigenvalue weighted by Gasteiger charge is -2.30. The minimum Gasteiger partial charge on any atom is -0.357 e. The molecule has 0 saturated heterocycles. The van der Waals surface area contributed by atoms with Crippen LogP contribution in [-0.4, -0.2) is 35.6 Å². The second-order valence-electron chi connectivity index (χ2n) is 6.39. The van der Waals surface area contributed by atoms with Crippen LogP contribution in [-0.2, 0) is 21.9 Å². The summed E-state index contributed by atoms with van der Waals surface area (Å²) < 4.78 is 0. The fraction of sp³-hybridized carbons (Fsp3) is 0.333. The maximum atomic E-state index is 13.0. The molecule has 0 fully saturated rings. The average molecular weight is 474 g/mol. The van der Waals surface area contributed by atoms with Crippen LogP contribution in [0.25, 0.3) is 0 Å². The van der Waals surface area contributed by atoms with E-state index in [9.17, 15) is 9.59 Å². The maximum Gasteiger partial charge on any atom is 0.242 e. The van der Waals surface area contributed by atoms with E-state index in [4.69, 9.17) is 34.8 Å². The number of rotatable bonds is 9. The van der Waals surface area contributed by atoms with Crippen molar-refractivity contribution in [3.05, 3.63) is 68.7 Å². The number of halogens is 3. The highest BCUT2D eigenvalue weighted by atomic mass is 35.5. The Hall–Kier alpha value is -1.40. The molecule has 29 heavy (non-hydrogen) atoms. The van der Waals surface area contributed by atoms with Crippen molar-refractivity contribution in [3.63, 3.8) is 0 Å². The molecule has 1 atom stereocenters. The van der Waals surface area contributed by atoms with Crippen molar-refractivity contribution in [2.75, 3.05) is 12.8 Å². The minimum atomic E-state index is -0.567. The van der Waals surface area contributed by atoms with E-state index in [0.29, 0.717) is 27.2 Å². The van der Waals surface area contributed by atoms with E-state index in [1.54, 1.807) is 24.1 Å². The van der Waals surface area contributed by atoms with Gasteiger partial charge in [0.2, 0.25) is 11.8 Å². The van der Waals surface area contributed by atoms with E-state index in [1.165, 1.54) is 11.8 Å². The van der Waals surface area contributed by atoms with Gasteiger partial charge in [-0.3, -0.25) is 9.59 Å². The van der Waals surface area contributed by atoms with Crippen LogP contribution in [0.3, 0.4) is 0 Å². The Kier molecular flexibility index (Phi) is 9.63. The van der Waals surface area contributed by atoms with Gasteiger partial charge in [-0.25, -0.2) is 0 Å². The number of likely N-dealkylation sites (N-methyl/N-ethyl adjacent to an activating group) is 1. The molecule has 0 heterocycles. The van der Waals surface area contributed by atoms with Crippen LogP contribution in [0.5, 0.6) is 0 Å². The zero-order chi connectivity index (χ0) is 21.4. The Balaban J connectivity index is 2.14. The van der Waals surface area contributed by atoms with Gasteiger partial charge in [0.05, 0.1) is 15.8 Å². The molecule has 0 aliphatic rings. The van der Waals surface area contributed by atoms with Crippen LogP contribution in [0, 0.1) is 0 Å². The molecule has 0 spiro atoms. The van der Waals surface area contributed by atoms with Crippen LogP contribution >= 0.6 is 46.6 Å². The monoisotopic (exact) mass is 472 g/mol. The fourth-order valence-electron chi connectivity index (χ4n) is 2.87. The second-order valence-corrected chi connectivity index (χ2v) is 8.60. The molecule has 2 rings (SSSR count). The zero-order valence-electron chi connectivity index (χ0n) is 16.3. The van der Waals surface area contributed by atoms with Gasteiger partial charge in [0.25, 0.3) is 0 Å². The quantitative estimate of drug-likeness (QED) is 0.528. The molecule has 8 heteroatoms. The molecular formula is C21H23Cl3N2O2S. The van der Waals surface area contributed by atoms with Crippen molar-refractivity contribution >= 4 is 58.4 Å². The van der Waals surface area contributed by atoms with E-state index < -0.39 is 6.04 Å². The Bertz CT molecular complexity index is 864. The first kappa shape index (κ1) is 23.9. The number of carbonyl (C=O) groups is 2. The first-order valence-electron chi connectivity index (χ1n) is 9.13. The SMILES string of the molecule is CC[C@H](C(=O)NC)N(Cc1ccc(Cl)c(Cl)c1)C(=O)CSCc1ccccc1Cl. The highest BCUT2D eigenvalue weighted by molar-refractivity contribution is 7.99. The van der Waals surface area contributed by atoms with Crippen LogP contribution in [0.1, 0.15) is 24.5 Å². The summed E-state index contributed by atoms with van der Waals surface area (Å²) in [5, 5.41) is 4.18. The molecule has 0 aromatic heterocycles. The summed E-state index contributed by atoms with van der Waals surface area (Å²) in [6.45, 7) is 2.15. The fourth-order valence-corrected chi connectivity index (χ4v) is 4.38. The summed E-state index contributed by atoms with van der Waals surface area (Å²) in [7, 11) is 1.57. The Morgan fingerprint density at radius 2 is 1.79 bits per heavy atom. The molecule has 0 saturated carbocycles. The van der Waals surface area contributed by atoms with Gasteiger partial charge in [0.15, 0.2) is 0 Å². The summed E-state index contributed by atoms with van der Waals surface area (Å²) in [6.07, 6.45) is 0.502. The standard InChI is InChI=1S/C21H23Cl3N2O2S/c1-3-19(21(28)25-2)26(11-14-8-9-17(23)18(24)10-14)20(27)13-29-12-15-6-4-5-7-16(15)22/h4-10,19H,3,11-13H2,1-2H3,(H,25,28)/t19-/m1/s1. The molecule has 2 amide bonds. The normalized spacial score (nSPS) is 11.8. The minimum absolute atomic E-state index is 0.122. The van der Waals surface area contributed by atoms with E-state index in [0.717, 1.165) is 11.1 Å². The third-order valence-corrected chi connectivity index (χ3v) is 6.48. The highest BCUT2D eigenvalue weighted by Gasteiger charge is 2.28. The number of benzene rings is 2. The maximum absolute atomic E-state index is 13.0. The average Bonchev–Trinajstić information content (AvgIpc) is 2.71. The Morgan fingerprint density at radius 1 is 1.07 bits per heavy atom. The molecule has 0 aliphatic carbocycles. The van der Waals surface area contributed by atoms with Crippen molar-refractivity contribution in [2.24, 2.45) is 0 Å². The Morgan fingerprint density at radius 3 is 2.41 bits per heavy atom. The van der Waals surface area contributed by atoms with Crippen LogP contribution < -0.4 is 5.32 Å². The number of amides is 2. The molecule has 0 unspecified atom stereocenters. The first-order chi connectivity index (χ1) is 13.9. The third kappa shape index (κ3) is 6.82. The molecule has 0 bridgehead atoms. The number of nitrogens with zero attached hydrogens (tertiary/aromatic N) is 1. The molecule has 0 radical (unpaired) electrons. The summed E-state index contributed by atoms with van der Waals surface area (Å²) in [4.78, 5) is 27.0. The van der Waals surface area contributed by atoms with Gasteiger partial charge in [-0.05, 0) is 35.7 Å². The van der Waals surface area contributed by atoms with Gasteiger partial charge >= 0.3 is 0 Å². The van der Waals surface area contributed by atoms with E-state index in [1.807, 2.05) is 37.3 Å². The van der Waals surface area contributed by atoms with Gasteiger partial charge in [0.1, 0.15) is 6.04 Å². The Labute approximate surface area is 190 Å². The number of nitrogens with one attached hydrogen (secondary N) is 1. The highest BCUT2D eigenvalue weighted by Crippen LogP contribution is 2.25. The van der Waals surface area contributed by atoms with Gasteiger partial charge in [-0.1, -0.05) is 66.0 Å². The van der Waals surface area contributed by atoms with Crippen LogP contribution in [0.4, 0.5) is 0 Å². The molecule has 4 nitrogen and oxygen atoms in total. The topological polar surface area (TPSA) is 49.4 Å². The smallest absolute Gasteiger partial charge is 0.242 e. The summed E-state index contributed by atoms with van der Waals surface area (Å²) in [5.74, 6) is 0.531. The van der Waals surface area contributed by atoms with E-state index in [-0.39, 0.29) is 24.1 Å². The number of thioether (sulfide) groups is 1. The van der Waals surface area contributed by atoms with Crippen LogP contribution in [0.2, 0.25) is 15.1 Å². The summed E-state index contributed by atoms with van der Waals surface area (Å²) >= 11 is 19.8. The molecule has 1 N–H and O–H groups in total.